The van der Waals surface area contributed by atoms with Gasteiger partial charge in [-0.25, -0.2) is 13.6 Å². The van der Waals surface area contributed by atoms with E-state index >= 15 is 0 Å². The van der Waals surface area contributed by atoms with Gasteiger partial charge >= 0.3 is 6.18 Å². The molecular formula is C18H19F3N4O3S. The van der Waals surface area contributed by atoms with Crippen LogP contribution in [-0.4, -0.2) is 24.1 Å². The summed E-state index contributed by atoms with van der Waals surface area (Å²) in [4.78, 5) is 12.4. The average Bonchev–Trinajstić information content (AvgIpc) is 3.24. The van der Waals surface area contributed by atoms with Crippen LogP contribution in [0.25, 0.3) is 0 Å². The summed E-state index contributed by atoms with van der Waals surface area (Å²) in [5.41, 5.74) is -1.32. The fraction of sp³-hybridized carbons (Fsp3) is 0.444. The molecule has 0 bridgehead atoms. The number of alkyl halides is 3. The Labute approximate surface area is 165 Å². The van der Waals surface area contributed by atoms with Crippen LogP contribution in [-0.2, 0) is 22.7 Å². The van der Waals surface area contributed by atoms with Crippen LogP contribution >= 0.6 is 0 Å². The number of benzene rings is 1. The first kappa shape index (κ1) is 19.9. The summed E-state index contributed by atoms with van der Waals surface area (Å²) in [5, 5.41) is 11.2. The van der Waals surface area contributed by atoms with Crippen molar-refractivity contribution >= 4 is 21.6 Å². The number of rotatable bonds is 5. The van der Waals surface area contributed by atoms with E-state index in [-0.39, 0.29) is 23.0 Å². The number of carbonyl (C=O) groups excluding carboxylic acids is 1. The van der Waals surface area contributed by atoms with E-state index in [0.29, 0.717) is 11.6 Å². The molecule has 2 aromatic rings. The van der Waals surface area contributed by atoms with Crippen LogP contribution in [0.2, 0.25) is 0 Å². The highest BCUT2D eigenvalue weighted by molar-refractivity contribution is 7.89. The molecule has 1 spiro atoms. The van der Waals surface area contributed by atoms with Gasteiger partial charge in [0.25, 0.3) is 5.91 Å². The van der Waals surface area contributed by atoms with Gasteiger partial charge in [-0.15, -0.1) is 0 Å². The largest absolute Gasteiger partial charge is 0.420 e. The Balaban J connectivity index is 1.60. The molecule has 0 unspecified atom stereocenters. The van der Waals surface area contributed by atoms with Crippen LogP contribution in [0.4, 0.5) is 18.9 Å². The van der Waals surface area contributed by atoms with Crippen molar-refractivity contribution < 1.29 is 26.4 Å². The van der Waals surface area contributed by atoms with Gasteiger partial charge < -0.3 is 5.32 Å². The van der Waals surface area contributed by atoms with E-state index in [2.05, 4.69) is 10.4 Å². The number of nitrogens with two attached hydrogens (primary N) is 1. The molecule has 0 atom stereocenters. The molecule has 7 nitrogen and oxygen atoms in total. The third-order valence-corrected chi connectivity index (χ3v) is 6.52. The Morgan fingerprint density at radius 1 is 1.31 bits per heavy atom. The molecule has 11 heteroatoms. The van der Waals surface area contributed by atoms with E-state index in [1.807, 2.05) is 0 Å². The normalized spacial score (nSPS) is 18.5. The zero-order chi connectivity index (χ0) is 21.0. The molecule has 156 valence electrons. The van der Waals surface area contributed by atoms with Gasteiger partial charge in [0.15, 0.2) is 0 Å². The van der Waals surface area contributed by atoms with E-state index < -0.39 is 33.4 Å². The molecule has 0 saturated heterocycles. The Bertz CT molecular complexity index is 1070. The van der Waals surface area contributed by atoms with Crippen molar-refractivity contribution in [2.45, 2.75) is 43.3 Å². The number of hydrogen-bond acceptors (Lipinski definition) is 4. The lowest BCUT2D eigenvalue weighted by Crippen LogP contribution is -2.31. The van der Waals surface area contributed by atoms with Gasteiger partial charge in [0.05, 0.1) is 11.1 Å². The summed E-state index contributed by atoms with van der Waals surface area (Å²) in [6, 6.07) is 5.01. The van der Waals surface area contributed by atoms with Crippen molar-refractivity contribution in [2.75, 3.05) is 5.32 Å². The molecular weight excluding hydrogens is 409 g/mol. The van der Waals surface area contributed by atoms with Crippen molar-refractivity contribution in [3.63, 3.8) is 0 Å². The quantitative estimate of drug-likeness (QED) is 0.763. The van der Waals surface area contributed by atoms with Gasteiger partial charge in [-0.3, -0.25) is 9.48 Å². The first-order valence-electron chi connectivity index (χ1n) is 9.04. The summed E-state index contributed by atoms with van der Waals surface area (Å²) in [5.74, 6) is -0.822. The fourth-order valence-corrected chi connectivity index (χ4v) is 4.60. The van der Waals surface area contributed by atoms with Crippen LogP contribution < -0.4 is 10.5 Å². The maximum absolute atomic E-state index is 13.4. The van der Waals surface area contributed by atoms with Gasteiger partial charge in [0.2, 0.25) is 10.0 Å². The predicted molar refractivity (Wildman–Crippen MR) is 97.4 cm³/mol. The van der Waals surface area contributed by atoms with E-state index in [4.69, 9.17) is 5.14 Å². The van der Waals surface area contributed by atoms with Gasteiger partial charge in [-0.2, -0.15) is 18.3 Å². The molecule has 1 aromatic carbocycles. The Kier molecular flexibility index (Phi) is 4.50. The van der Waals surface area contributed by atoms with E-state index in [1.54, 1.807) is 0 Å². The zero-order valence-corrected chi connectivity index (χ0v) is 16.1. The van der Waals surface area contributed by atoms with Crippen LogP contribution in [0.3, 0.4) is 0 Å². The summed E-state index contributed by atoms with van der Waals surface area (Å²) in [6.07, 6.45) is 0.0948. The van der Waals surface area contributed by atoms with Crippen LogP contribution in [0.5, 0.6) is 0 Å². The summed E-state index contributed by atoms with van der Waals surface area (Å²) in [6.45, 7) is 0.234. The number of anilines is 1. The highest BCUT2D eigenvalue weighted by Gasteiger charge is 2.53. The minimum atomic E-state index is -4.75. The highest BCUT2D eigenvalue weighted by Crippen LogP contribution is 2.63. The van der Waals surface area contributed by atoms with Gasteiger partial charge in [-0.05, 0) is 55.2 Å². The Morgan fingerprint density at radius 3 is 2.59 bits per heavy atom. The molecule has 2 aliphatic rings. The second-order valence-electron chi connectivity index (χ2n) is 7.89. The minimum absolute atomic E-state index is 0.0166. The van der Waals surface area contributed by atoms with Gasteiger partial charge in [0.1, 0.15) is 11.3 Å². The molecule has 2 aliphatic carbocycles. The van der Waals surface area contributed by atoms with Gasteiger partial charge in [-0.1, -0.05) is 6.07 Å². The standard InChI is InChI=1S/C18H19F3N4O3S/c19-18(20,21)14-9-23-25(10-11-7-17(8-11)4-5-17)15(14)16(26)24-12-2-1-3-13(6-12)29(22,27)28/h1-3,6,9,11H,4-5,7-8,10H2,(H,24,26)(H2,22,27,28). The topological polar surface area (TPSA) is 107 Å². The second kappa shape index (κ2) is 6.56. The maximum Gasteiger partial charge on any atom is 0.420 e. The Hall–Kier alpha value is -2.40. The monoisotopic (exact) mass is 428 g/mol. The molecule has 4 rings (SSSR count). The number of hydrogen-bond donors (Lipinski definition) is 2. The second-order valence-corrected chi connectivity index (χ2v) is 9.45. The van der Waals surface area contributed by atoms with E-state index in [0.717, 1.165) is 36.4 Å². The highest BCUT2D eigenvalue weighted by atomic mass is 32.2. The zero-order valence-electron chi connectivity index (χ0n) is 15.2. The number of primary sulfonamides is 1. The van der Waals surface area contributed by atoms with Crippen molar-refractivity contribution in [1.29, 1.82) is 0 Å². The number of nitrogens with one attached hydrogen (secondary N) is 1. The predicted octanol–water partition coefficient (Wildman–Crippen LogP) is 2.99. The molecule has 1 amide bonds. The van der Waals surface area contributed by atoms with Gasteiger partial charge in [0, 0.05) is 12.2 Å². The van der Waals surface area contributed by atoms with Crippen molar-refractivity contribution in [3.05, 3.63) is 41.7 Å². The fourth-order valence-electron chi connectivity index (χ4n) is 4.04. The molecule has 0 aliphatic heterocycles. The number of nitrogens with zero attached hydrogens (tertiary/aromatic N) is 2. The van der Waals surface area contributed by atoms with E-state index in [1.165, 1.54) is 18.2 Å². The Morgan fingerprint density at radius 2 is 2.00 bits per heavy atom. The molecule has 3 N–H and O–H groups in total. The molecule has 2 fully saturated rings. The molecule has 0 radical (unpaired) electrons. The first-order valence-corrected chi connectivity index (χ1v) is 10.6. The van der Waals surface area contributed by atoms with Crippen LogP contribution in [0, 0.1) is 11.3 Å². The molecule has 1 heterocycles. The smallest absolute Gasteiger partial charge is 0.321 e. The molecule has 1 aromatic heterocycles. The number of halogens is 3. The lowest BCUT2D eigenvalue weighted by atomic mass is 9.72. The lowest BCUT2D eigenvalue weighted by molar-refractivity contribution is -0.138. The van der Waals surface area contributed by atoms with Crippen molar-refractivity contribution in [3.8, 4) is 0 Å². The average molecular weight is 428 g/mol. The summed E-state index contributed by atoms with van der Waals surface area (Å²) in [7, 11) is -4.02. The van der Waals surface area contributed by atoms with E-state index in [9.17, 15) is 26.4 Å². The molecule has 29 heavy (non-hydrogen) atoms. The molecule has 2 saturated carbocycles. The van der Waals surface area contributed by atoms with Crippen LogP contribution in [0.1, 0.15) is 41.7 Å². The number of amides is 1. The number of aromatic nitrogens is 2. The minimum Gasteiger partial charge on any atom is -0.321 e. The third kappa shape index (κ3) is 4.01. The number of sulfonamides is 1. The van der Waals surface area contributed by atoms with Crippen molar-refractivity contribution in [2.24, 2.45) is 16.5 Å². The SMILES string of the molecule is NS(=O)(=O)c1cccc(NC(=O)c2c(C(F)(F)F)cnn2CC2CC3(CC3)C2)c1. The summed E-state index contributed by atoms with van der Waals surface area (Å²) >= 11 is 0. The lowest BCUT2D eigenvalue weighted by Gasteiger charge is -2.36. The van der Waals surface area contributed by atoms with Crippen molar-refractivity contribution in [1.82, 2.24) is 9.78 Å². The maximum atomic E-state index is 13.4. The van der Waals surface area contributed by atoms with Crippen LogP contribution in [0.15, 0.2) is 35.4 Å². The third-order valence-electron chi connectivity index (χ3n) is 5.61. The number of carbonyl (C=O) groups is 1. The first-order chi connectivity index (χ1) is 13.5. The summed E-state index contributed by atoms with van der Waals surface area (Å²) < 4.78 is 64.3.